The van der Waals surface area contributed by atoms with Crippen LogP contribution in [0, 0.1) is 5.82 Å². The predicted octanol–water partition coefficient (Wildman–Crippen LogP) is 2.92. The minimum absolute atomic E-state index is 0.161. The van der Waals surface area contributed by atoms with E-state index in [-0.39, 0.29) is 16.8 Å². The number of carboxylic acid groups (broad SMARTS) is 1. The van der Waals surface area contributed by atoms with Gasteiger partial charge >= 0.3 is 5.97 Å². The number of ether oxygens (including phenoxy) is 1. The molecule has 1 saturated heterocycles. The van der Waals surface area contributed by atoms with Crippen LogP contribution in [-0.4, -0.2) is 66.1 Å². The number of aromatic carboxylic acids is 1. The number of aromatic nitrogens is 3. The van der Waals surface area contributed by atoms with Crippen molar-refractivity contribution < 1.29 is 19.0 Å². The molecule has 1 fully saturated rings. The van der Waals surface area contributed by atoms with Crippen LogP contribution in [0.5, 0.6) is 0 Å². The molecule has 1 aliphatic heterocycles. The highest BCUT2D eigenvalue weighted by Gasteiger charge is 2.31. The Balaban J connectivity index is 1.63. The van der Waals surface area contributed by atoms with E-state index in [9.17, 15) is 19.1 Å². The molecule has 0 amide bonds. The van der Waals surface area contributed by atoms with Gasteiger partial charge in [-0.05, 0) is 29.3 Å². The van der Waals surface area contributed by atoms with Gasteiger partial charge in [-0.2, -0.15) is 0 Å². The fourth-order valence-corrected chi connectivity index (χ4v) is 5.40. The second-order valence-corrected chi connectivity index (χ2v) is 9.21. The summed E-state index contributed by atoms with van der Waals surface area (Å²) < 4.78 is 21.7. The molecule has 194 valence electrons. The molecule has 2 aliphatic rings. The van der Waals surface area contributed by atoms with Gasteiger partial charge in [0.25, 0.3) is 0 Å². The SMILES string of the molecule is CNc1cc(F)cc2c1Cc1ncc(-c3cnc4c(c3)c(=O)c(C(=O)O)cn4NC)c(N3CCOCC3)c1-2. The first-order chi connectivity index (χ1) is 18.4. The molecule has 4 heterocycles. The number of carboxylic acids is 1. The molecule has 0 bridgehead atoms. The average Bonchev–Trinajstić information content (AvgIpc) is 3.31. The number of fused-ring (bicyclic) bond motifs is 4. The number of nitrogens with zero attached hydrogens (tertiary/aromatic N) is 4. The summed E-state index contributed by atoms with van der Waals surface area (Å²) in [4.78, 5) is 36.3. The van der Waals surface area contributed by atoms with E-state index in [2.05, 4.69) is 20.6 Å². The van der Waals surface area contributed by atoms with E-state index >= 15 is 0 Å². The summed E-state index contributed by atoms with van der Waals surface area (Å²) in [6, 6.07) is 4.68. The summed E-state index contributed by atoms with van der Waals surface area (Å²) in [6.45, 7) is 2.34. The van der Waals surface area contributed by atoms with Crippen LogP contribution in [-0.2, 0) is 11.2 Å². The Morgan fingerprint density at radius 1 is 1.11 bits per heavy atom. The molecular weight excluding hydrogens is 491 g/mol. The van der Waals surface area contributed by atoms with Gasteiger partial charge in [-0.15, -0.1) is 0 Å². The maximum Gasteiger partial charge on any atom is 0.341 e. The summed E-state index contributed by atoms with van der Waals surface area (Å²) in [6.07, 6.45) is 5.18. The maximum absolute atomic E-state index is 14.7. The Kier molecular flexibility index (Phi) is 5.72. The van der Waals surface area contributed by atoms with Gasteiger partial charge in [0, 0.05) is 74.6 Å². The van der Waals surface area contributed by atoms with Gasteiger partial charge < -0.3 is 25.5 Å². The molecule has 1 aromatic carbocycles. The highest BCUT2D eigenvalue weighted by molar-refractivity contribution is 5.98. The number of halogens is 1. The van der Waals surface area contributed by atoms with Crippen LogP contribution in [0.3, 0.4) is 0 Å². The lowest BCUT2D eigenvalue weighted by atomic mass is 9.97. The Bertz CT molecular complexity index is 1680. The number of carbonyl (C=O) groups is 1. The highest BCUT2D eigenvalue weighted by atomic mass is 19.1. The number of nitrogens with one attached hydrogen (secondary N) is 2. The van der Waals surface area contributed by atoms with Crippen molar-refractivity contribution in [2.45, 2.75) is 6.42 Å². The van der Waals surface area contributed by atoms with Gasteiger partial charge in [0.2, 0.25) is 5.43 Å². The molecule has 0 unspecified atom stereocenters. The molecule has 0 spiro atoms. The standard InChI is InChI=1S/C27H25FN6O4/c1-29-21-9-15(28)8-17-16(21)10-22-23(17)24(33-3-5-38-6-4-33)19(12-31-22)14-7-18-25(35)20(27(36)37)13-34(30-2)26(18)32-11-14/h7-9,11-13,29-30H,3-6,10H2,1-2H3,(H,36,37). The van der Waals surface area contributed by atoms with E-state index in [0.717, 1.165) is 33.6 Å². The van der Waals surface area contributed by atoms with Gasteiger partial charge in [-0.1, -0.05) is 0 Å². The summed E-state index contributed by atoms with van der Waals surface area (Å²) in [5, 5.41) is 12.8. The summed E-state index contributed by atoms with van der Waals surface area (Å²) in [7, 11) is 3.38. The van der Waals surface area contributed by atoms with Gasteiger partial charge in [0.15, 0.2) is 5.65 Å². The van der Waals surface area contributed by atoms with E-state index in [1.807, 2.05) is 0 Å². The Morgan fingerprint density at radius 2 is 1.89 bits per heavy atom. The van der Waals surface area contributed by atoms with Crippen molar-refractivity contribution in [3.8, 4) is 22.3 Å². The summed E-state index contributed by atoms with van der Waals surface area (Å²) in [5.41, 5.74) is 8.52. The third-order valence-corrected chi connectivity index (χ3v) is 7.18. The summed E-state index contributed by atoms with van der Waals surface area (Å²) >= 11 is 0. The number of hydrogen-bond acceptors (Lipinski definition) is 8. The van der Waals surface area contributed by atoms with Crippen molar-refractivity contribution in [2.24, 2.45) is 0 Å². The molecule has 38 heavy (non-hydrogen) atoms. The number of pyridine rings is 3. The molecular formula is C27H25FN6O4. The van der Waals surface area contributed by atoms with Crippen LogP contribution in [0.2, 0.25) is 0 Å². The number of hydrogen-bond donors (Lipinski definition) is 3. The van der Waals surface area contributed by atoms with Crippen LogP contribution in [0.15, 0.2) is 41.6 Å². The number of anilines is 2. The number of morpholine rings is 1. The van der Waals surface area contributed by atoms with E-state index in [4.69, 9.17) is 9.72 Å². The fourth-order valence-electron chi connectivity index (χ4n) is 5.40. The van der Waals surface area contributed by atoms with Crippen LogP contribution >= 0.6 is 0 Å². The van der Waals surface area contributed by atoms with Crippen LogP contribution in [0.4, 0.5) is 15.8 Å². The first-order valence-electron chi connectivity index (χ1n) is 12.2. The first kappa shape index (κ1) is 23.9. The summed E-state index contributed by atoms with van der Waals surface area (Å²) in [5.74, 6) is -1.67. The van der Waals surface area contributed by atoms with Gasteiger partial charge in [0.1, 0.15) is 11.4 Å². The Hall–Kier alpha value is -4.51. The molecule has 0 saturated carbocycles. The lowest BCUT2D eigenvalue weighted by Crippen LogP contribution is -2.37. The molecule has 0 atom stereocenters. The lowest BCUT2D eigenvalue weighted by molar-refractivity contribution is 0.0695. The molecule has 3 N–H and O–H groups in total. The molecule has 11 heteroatoms. The van der Waals surface area contributed by atoms with E-state index in [1.54, 1.807) is 38.6 Å². The quantitative estimate of drug-likeness (QED) is 0.324. The second-order valence-electron chi connectivity index (χ2n) is 9.21. The van der Waals surface area contributed by atoms with Gasteiger partial charge in [0.05, 0.1) is 30.0 Å². The first-order valence-corrected chi connectivity index (χ1v) is 12.2. The van der Waals surface area contributed by atoms with Gasteiger partial charge in [-0.25, -0.2) is 18.8 Å². The maximum atomic E-state index is 14.7. The van der Waals surface area contributed by atoms with E-state index in [1.165, 1.54) is 16.9 Å². The predicted molar refractivity (Wildman–Crippen MR) is 142 cm³/mol. The molecule has 6 rings (SSSR count). The lowest BCUT2D eigenvalue weighted by Gasteiger charge is -2.32. The van der Waals surface area contributed by atoms with Crippen LogP contribution in [0.1, 0.15) is 21.6 Å². The van der Waals surface area contributed by atoms with Crippen LogP contribution in [0.25, 0.3) is 33.3 Å². The fraction of sp³-hybridized carbons (Fsp3) is 0.259. The van der Waals surface area contributed by atoms with Crippen molar-refractivity contribution in [3.05, 3.63) is 69.7 Å². The zero-order chi connectivity index (χ0) is 26.6. The third-order valence-electron chi connectivity index (χ3n) is 7.18. The molecule has 1 aliphatic carbocycles. The van der Waals surface area contributed by atoms with E-state index in [0.29, 0.717) is 49.6 Å². The molecule has 10 nitrogen and oxygen atoms in total. The monoisotopic (exact) mass is 516 g/mol. The molecule has 3 aromatic heterocycles. The smallest absolute Gasteiger partial charge is 0.341 e. The van der Waals surface area contributed by atoms with Crippen molar-refractivity contribution in [3.63, 3.8) is 0 Å². The highest BCUT2D eigenvalue weighted by Crippen LogP contribution is 2.48. The number of benzene rings is 1. The average molecular weight is 517 g/mol. The van der Waals surface area contributed by atoms with Gasteiger partial charge in [-0.3, -0.25) is 9.78 Å². The second kappa shape index (κ2) is 9.10. The number of rotatable bonds is 5. The van der Waals surface area contributed by atoms with E-state index < -0.39 is 11.4 Å². The zero-order valence-electron chi connectivity index (χ0n) is 20.8. The molecule has 0 radical (unpaired) electrons. The Labute approximate surface area is 216 Å². The normalized spacial score (nSPS) is 14.3. The molecule has 4 aromatic rings. The van der Waals surface area contributed by atoms with Crippen molar-refractivity contribution in [1.29, 1.82) is 0 Å². The third kappa shape index (κ3) is 3.66. The van der Waals surface area contributed by atoms with Crippen molar-refractivity contribution in [2.75, 3.05) is 56.0 Å². The van der Waals surface area contributed by atoms with Crippen molar-refractivity contribution in [1.82, 2.24) is 14.6 Å². The largest absolute Gasteiger partial charge is 0.477 e. The van der Waals surface area contributed by atoms with Crippen molar-refractivity contribution >= 4 is 28.4 Å². The Morgan fingerprint density at radius 3 is 2.61 bits per heavy atom. The topological polar surface area (TPSA) is 122 Å². The minimum atomic E-state index is -1.32. The minimum Gasteiger partial charge on any atom is -0.477 e. The zero-order valence-corrected chi connectivity index (χ0v) is 20.8. The van der Waals surface area contributed by atoms with Crippen LogP contribution < -0.4 is 21.1 Å².